The lowest BCUT2D eigenvalue weighted by Crippen LogP contribution is -2.23. The Bertz CT molecular complexity index is 1640. The lowest BCUT2D eigenvalue weighted by Gasteiger charge is -2.14. The summed E-state index contributed by atoms with van der Waals surface area (Å²) in [5, 5.41) is 8.93. The molecule has 4 rings (SSSR count). The number of fused-ring (bicyclic) bond motifs is 1. The number of ketones is 1. The number of aromatic nitrogens is 1. The average molecular weight is 549 g/mol. The third kappa shape index (κ3) is 4.95. The molecule has 0 saturated carbocycles. The maximum absolute atomic E-state index is 13.1. The van der Waals surface area contributed by atoms with Gasteiger partial charge in [-0.3, -0.25) is 9.59 Å². The highest BCUT2D eigenvalue weighted by Crippen LogP contribution is 2.40. The fraction of sp³-hybridized carbons (Fsp3) is 0.172. The van der Waals surface area contributed by atoms with Crippen LogP contribution in [0.4, 0.5) is 0 Å². The second-order valence-electron chi connectivity index (χ2n) is 9.93. The summed E-state index contributed by atoms with van der Waals surface area (Å²) in [6.07, 6.45) is 1.17. The molecule has 0 spiro atoms. The van der Waals surface area contributed by atoms with E-state index in [0.717, 1.165) is 5.56 Å². The van der Waals surface area contributed by atoms with Crippen LogP contribution in [-0.2, 0) is 0 Å². The molecule has 9 heteroatoms. The van der Waals surface area contributed by atoms with Gasteiger partial charge in [-0.15, -0.1) is 0 Å². The predicted octanol–water partition coefficient (Wildman–Crippen LogP) is 7.14. The van der Waals surface area contributed by atoms with E-state index in [9.17, 15) is 9.59 Å². The van der Waals surface area contributed by atoms with Gasteiger partial charge in [0.2, 0.25) is 11.5 Å². The van der Waals surface area contributed by atoms with E-state index < -0.39 is 11.3 Å². The van der Waals surface area contributed by atoms with E-state index >= 15 is 0 Å². The molecule has 1 amide bonds. The summed E-state index contributed by atoms with van der Waals surface area (Å²) in [5.74, 6) is -1.30. The molecule has 5 N–H and O–H groups in total. The van der Waals surface area contributed by atoms with Crippen LogP contribution in [0.1, 0.15) is 54.2 Å². The van der Waals surface area contributed by atoms with E-state index in [0.29, 0.717) is 49.1 Å². The molecule has 2 heterocycles. The van der Waals surface area contributed by atoms with Crippen molar-refractivity contribution in [3.63, 3.8) is 0 Å². The molecule has 0 atom stereocenters. The molecule has 194 valence electrons. The van der Waals surface area contributed by atoms with E-state index in [1.165, 1.54) is 6.21 Å². The quantitative estimate of drug-likeness (QED) is 0.174. The lowest BCUT2D eigenvalue weighted by atomic mass is 9.87. The summed E-state index contributed by atoms with van der Waals surface area (Å²) >= 11 is 12.9. The van der Waals surface area contributed by atoms with E-state index in [2.05, 4.69) is 0 Å². The largest absolute Gasteiger partial charge is 0.434 e. The van der Waals surface area contributed by atoms with Gasteiger partial charge in [0, 0.05) is 39.0 Å². The highest BCUT2D eigenvalue weighted by atomic mass is 35.5. The Hall–Kier alpha value is -3.94. The Morgan fingerprint density at radius 1 is 1.00 bits per heavy atom. The van der Waals surface area contributed by atoms with Crippen LogP contribution in [0.5, 0.6) is 0 Å². The number of nitrogens with zero attached hydrogens (tertiary/aromatic N) is 1. The van der Waals surface area contributed by atoms with Gasteiger partial charge in [-0.05, 0) is 42.3 Å². The summed E-state index contributed by atoms with van der Waals surface area (Å²) in [6.45, 7) is 6.89. The molecular formula is C29H26Cl2N4O3. The standard InChI is InChI=1S/C29H26Cl2N4O3/c1-14(33)21(13-32)16-7-10-18(22(31)11-16)24-19(15-5-8-17(30)9-6-15)12-20-23(27(34)37)25(38-28(20)35-24)26(36)29(2,3)4/h5-13,32H,33H2,1-4H3,(H2,34,37)/b21-14+,32-13?. The number of nitrogens with one attached hydrogen (secondary N) is 1. The number of rotatable bonds is 6. The van der Waals surface area contributed by atoms with E-state index in [1.807, 2.05) is 12.1 Å². The molecule has 2 aromatic carbocycles. The molecule has 2 aromatic heterocycles. The van der Waals surface area contributed by atoms with Crippen molar-refractivity contribution in [1.82, 2.24) is 4.98 Å². The molecule has 0 unspecified atom stereocenters. The smallest absolute Gasteiger partial charge is 0.253 e. The monoisotopic (exact) mass is 548 g/mol. The molecule has 4 aromatic rings. The molecule has 0 saturated heterocycles. The van der Waals surface area contributed by atoms with Crippen LogP contribution in [-0.4, -0.2) is 22.9 Å². The highest BCUT2D eigenvalue weighted by Gasteiger charge is 2.33. The number of allylic oxidation sites excluding steroid dienone is 2. The van der Waals surface area contributed by atoms with Crippen molar-refractivity contribution in [3.8, 4) is 22.4 Å². The number of hydrogen-bond acceptors (Lipinski definition) is 6. The van der Waals surface area contributed by atoms with Crippen molar-refractivity contribution < 1.29 is 14.0 Å². The number of amides is 1. The number of furan rings is 1. The highest BCUT2D eigenvalue weighted by molar-refractivity contribution is 6.34. The number of nitrogens with two attached hydrogens (primary N) is 2. The zero-order valence-electron chi connectivity index (χ0n) is 21.3. The number of primary amides is 1. The van der Waals surface area contributed by atoms with Gasteiger partial charge in [0.25, 0.3) is 5.91 Å². The first-order valence-corrected chi connectivity index (χ1v) is 12.4. The Morgan fingerprint density at radius 2 is 1.66 bits per heavy atom. The summed E-state index contributed by atoms with van der Waals surface area (Å²) in [7, 11) is 0. The molecular weight excluding hydrogens is 523 g/mol. The van der Waals surface area contributed by atoms with Gasteiger partial charge in [-0.25, -0.2) is 4.98 Å². The van der Waals surface area contributed by atoms with Crippen LogP contribution in [0.15, 0.2) is 58.6 Å². The summed E-state index contributed by atoms with van der Waals surface area (Å²) in [4.78, 5) is 30.4. The summed E-state index contributed by atoms with van der Waals surface area (Å²) < 4.78 is 5.89. The molecule has 0 aliphatic rings. The number of carbonyl (C=O) groups is 2. The first kappa shape index (κ1) is 27.1. The molecule has 0 fully saturated rings. The van der Waals surface area contributed by atoms with Crippen molar-refractivity contribution in [3.05, 3.63) is 81.2 Å². The fourth-order valence-electron chi connectivity index (χ4n) is 4.12. The van der Waals surface area contributed by atoms with E-state index in [1.54, 1.807) is 64.1 Å². The minimum atomic E-state index is -0.819. The minimum absolute atomic E-state index is 0.0187. The van der Waals surface area contributed by atoms with Crippen LogP contribution in [0.3, 0.4) is 0 Å². The van der Waals surface area contributed by atoms with Crippen LogP contribution < -0.4 is 11.5 Å². The number of halogens is 2. The summed E-state index contributed by atoms with van der Waals surface area (Å²) in [5.41, 5.74) is 15.0. The molecule has 0 radical (unpaired) electrons. The third-order valence-corrected chi connectivity index (χ3v) is 6.64. The van der Waals surface area contributed by atoms with Gasteiger partial charge in [0.1, 0.15) is 0 Å². The number of hydrogen-bond donors (Lipinski definition) is 3. The van der Waals surface area contributed by atoms with Crippen LogP contribution in [0.2, 0.25) is 10.0 Å². The van der Waals surface area contributed by atoms with Crippen molar-refractivity contribution in [2.24, 2.45) is 16.9 Å². The predicted molar refractivity (Wildman–Crippen MR) is 153 cm³/mol. The first-order valence-electron chi connectivity index (χ1n) is 11.7. The first-order chi connectivity index (χ1) is 17.8. The molecule has 0 bridgehead atoms. The van der Waals surface area contributed by atoms with Crippen molar-refractivity contribution in [1.29, 1.82) is 5.41 Å². The Morgan fingerprint density at radius 3 is 2.18 bits per heavy atom. The second-order valence-corrected chi connectivity index (χ2v) is 10.8. The van der Waals surface area contributed by atoms with Gasteiger partial charge in [-0.1, -0.05) is 68.2 Å². The zero-order valence-corrected chi connectivity index (χ0v) is 22.8. The Kier molecular flexibility index (Phi) is 7.19. The normalized spacial score (nSPS) is 12.4. The van der Waals surface area contributed by atoms with Crippen molar-refractivity contribution in [2.45, 2.75) is 27.7 Å². The maximum Gasteiger partial charge on any atom is 0.253 e. The van der Waals surface area contributed by atoms with Crippen LogP contribution >= 0.6 is 23.2 Å². The van der Waals surface area contributed by atoms with Crippen molar-refractivity contribution in [2.75, 3.05) is 0 Å². The maximum atomic E-state index is 13.1. The van der Waals surface area contributed by atoms with E-state index in [-0.39, 0.29) is 22.8 Å². The van der Waals surface area contributed by atoms with Gasteiger partial charge >= 0.3 is 0 Å². The average Bonchev–Trinajstić information content (AvgIpc) is 3.21. The lowest BCUT2D eigenvalue weighted by molar-refractivity contribution is 0.0822. The number of Topliss-reactive ketones (excluding diaryl/α,β-unsaturated/α-hetero) is 1. The second kappa shape index (κ2) is 10.1. The minimum Gasteiger partial charge on any atom is -0.434 e. The molecule has 0 aliphatic heterocycles. The number of pyridine rings is 1. The Balaban J connectivity index is 2.06. The van der Waals surface area contributed by atoms with Crippen LogP contribution in [0, 0.1) is 10.8 Å². The van der Waals surface area contributed by atoms with Crippen LogP contribution in [0.25, 0.3) is 39.1 Å². The third-order valence-electron chi connectivity index (χ3n) is 6.08. The fourth-order valence-corrected chi connectivity index (χ4v) is 4.52. The number of benzene rings is 2. The van der Waals surface area contributed by atoms with Gasteiger partial charge in [-0.2, -0.15) is 0 Å². The number of carbonyl (C=O) groups excluding carboxylic acids is 2. The topological polar surface area (TPSA) is 136 Å². The molecule has 7 nitrogen and oxygen atoms in total. The zero-order chi connectivity index (χ0) is 27.9. The van der Waals surface area contributed by atoms with Gasteiger partial charge < -0.3 is 21.3 Å². The summed E-state index contributed by atoms with van der Waals surface area (Å²) in [6, 6.07) is 14.1. The van der Waals surface area contributed by atoms with Gasteiger partial charge in [0.05, 0.1) is 21.7 Å². The van der Waals surface area contributed by atoms with Gasteiger partial charge in [0.15, 0.2) is 5.76 Å². The SMILES string of the molecule is C/C(N)=C(/C=N)c1ccc(-c2nc3oc(C(=O)C(C)(C)C)c(C(N)=O)c3cc2-c2ccc(Cl)cc2)c(Cl)c1. The van der Waals surface area contributed by atoms with Crippen molar-refractivity contribution >= 4 is 57.8 Å². The molecule has 0 aliphatic carbocycles. The van der Waals surface area contributed by atoms with E-state index in [4.69, 9.17) is 49.5 Å². The molecule has 38 heavy (non-hydrogen) atoms. The Labute approximate surface area is 229 Å².